The second-order valence-corrected chi connectivity index (χ2v) is 7.54. The summed E-state index contributed by atoms with van der Waals surface area (Å²) in [7, 11) is -3.90. The number of halogens is 1. The molecule has 0 atom stereocenters. The fraction of sp³-hybridized carbons (Fsp3) is 0.0526. The third kappa shape index (κ3) is 4.02. The topological polar surface area (TPSA) is 115 Å². The van der Waals surface area contributed by atoms with Crippen molar-refractivity contribution in [2.75, 3.05) is 0 Å². The summed E-state index contributed by atoms with van der Waals surface area (Å²) in [5.41, 5.74) is 0.693. The summed E-state index contributed by atoms with van der Waals surface area (Å²) in [5, 5.41) is 14.9. The van der Waals surface area contributed by atoms with Crippen molar-refractivity contribution >= 4 is 32.5 Å². The second kappa shape index (κ2) is 6.90. The molecule has 3 rings (SSSR count). The van der Waals surface area contributed by atoms with E-state index in [1.807, 2.05) is 0 Å². The van der Waals surface area contributed by atoms with E-state index in [-0.39, 0.29) is 22.4 Å². The van der Waals surface area contributed by atoms with E-state index in [0.717, 1.165) is 0 Å². The molecular weight excluding hydrogens is 373 g/mol. The molecule has 0 bridgehead atoms. The van der Waals surface area contributed by atoms with E-state index in [1.54, 1.807) is 6.07 Å². The van der Waals surface area contributed by atoms with Crippen LogP contribution >= 0.6 is 0 Å². The molecule has 0 fully saturated rings. The van der Waals surface area contributed by atoms with Gasteiger partial charge >= 0.3 is 5.97 Å². The van der Waals surface area contributed by atoms with E-state index in [1.165, 1.54) is 48.5 Å². The molecule has 0 spiro atoms. The van der Waals surface area contributed by atoms with Crippen molar-refractivity contribution in [3.05, 3.63) is 77.1 Å². The molecule has 0 aliphatic rings. The van der Waals surface area contributed by atoms with Gasteiger partial charge in [-0.05, 0) is 58.8 Å². The molecule has 138 valence electrons. The van der Waals surface area contributed by atoms with Crippen molar-refractivity contribution in [2.24, 2.45) is 5.14 Å². The molecule has 0 heterocycles. The highest BCUT2D eigenvalue weighted by molar-refractivity contribution is 7.89. The van der Waals surface area contributed by atoms with Gasteiger partial charge in [-0.1, -0.05) is 12.1 Å². The smallest absolute Gasteiger partial charge is 0.307 e. The third-order valence-electron chi connectivity index (χ3n) is 4.02. The Morgan fingerprint density at radius 1 is 1.00 bits per heavy atom. The van der Waals surface area contributed by atoms with Crippen molar-refractivity contribution in [1.82, 2.24) is 0 Å². The van der Waals surface area contributed by atoms with E-state index in [9.17, 15) is 22.4 Å². The Kier molecular flexibility index (Phi) is 4.77. The first-order chi connectivity index (χ1) is 12.6. The molecule has 3 aromatic rings. The van der Waals surface area contributed by atoms with E-state index in [0.29, 0.717) is 16.3 Å². The number of nitrogens with two attached hydrogens (primary N) is 1. The zero-order valence-corrected chi connectivity index (χ0v) is 14.7. The number of fused-ring (bicyclic) bond motifs is 1. The molecule has 3 aromatic carbocycles. The van der Waals surface area contributed by atoms with Crippen LogP contribution in [0.25, 0.3) is 10.8 Å². The number of hydrogen-bond acceptors (Lipinski definition) is 4. The number of aliphatic carboxylic acids is 1. The molecule has 0 aromatic heterocycles. The van der Waals surface area contributed by atoms with Crippen molar-refractivity contribution in [3.63, 3.8) is 0 Å². The predicted octanol–water partition coefficient (Wildman–Crippen LogP) is 2.48. The molecule has 8 heteroatoms. The van der Waals surface area contributed by atoms with E-state index in [2.05, 4.69) is 0 Å². The Hall–Kier alpha value is -3.10. The number of rotatable bonds is 5. The third-order valence-corrected chi connectivity index (χ3v) is 4.95. The predicted molar refractivity (Wildman–Crippen MR) is 96.5 cm³/mol. The Labute approximate surface area is 154 Å². The Bertz CT molecular complexity index is 1170. The summed E-state index contributed by atoms with van der Waals surface area (Å²) < 4.78 is 36.4. The van der Waals surface area contributed by atoms with Crippen LogP contribution in [0.3, 0.4) is 0 Å². The molecule has 0 aliphatic heterocycles. The lowest BCUT2D eigenvalue weighted by molar-refractivity contribution is -0.136. The Morgan fingerprint density at radius 3 is 2.26 bits per heavy atom. The van der Waals surface area contributed by atoms with Crippen LogP contribution in [0.1, 0.15) is 21.5 Å². The van der Waals surface area contributed by atoms with Gasteiger partial charge < -0.3 is 5.11 Å². The number of carboxylic acids is 1. The number of primary sulfonamides is 1. The first kappa shape index (κ1) is 18.7. The zero-order chi connectivity index (χ0) is 19.8. The van der Waals surface area contributed by atoms with E-state index in [4.69, 9.17) is 10.2 Å². The molecule has 0 radical (unpaired) electrons. The van der Waals surface area contributed by atoms with Crippen LogP contribution < -0.4 is 5.14 Å². The SMILES string of the molecule is NS(=O)(=O)c1ccc(C(=O)c2cc(CC(=O)O)cc3ccc(F)cc23)cc1. The van der Waals surface area contributed by atoms with Crippen LogP contribution in [0.2, 0.25) is 0 Å². The maximum Gasteiger partial charge on any atom is 0.307 e. The van der Waals surface area contributed by atoms with Gasteiger partial charge in [0.05, 0.1) is 11.3 Å². The van der Waals surface area contributed by atoms with E-state index >= 15 is 0 Å². The molecule has 27 heavy (non-hydrogen) atoms. The van der Waals surface area contributed by atoms with Crippen LogP contribution in [-0.4, -0.2) is 25.3 Å². The summed E-state index contributed by atoms with van der Waals surface area (Å²) >= 11 is 0. The van der Waals surface area contributed by atoms with Crippen LogP contribution in [0.15, 0.2) is 59.5 Å². The van der Waals surface area contributed by atoms with Crippen molar-refractivity contribution < 1.29 is 27.5 Å². The van der Waals surface area contributed by atoms with Gasteiger partial charge in [0.25, 0.3) is 0 Å². The molecular formula is C19H14FNO5S. The number of ketones is 1. The van der Waals surface area contributed by atoms with Crippen molar-refractivity contribution in [2.45, 2.75) is 11.3 Å². The van der Waals surface area contributed by atoms with Gasteiger partial charge in [-0.2, -0.15) is 0 Å². The highest BCUT2D eigenvalue weighted by atomic mass is 32.2. The molecule has 0 aliphatic carbocycles. The van der Waals surface area contributed by atoms with Crippen LogP contribution in [0.4, 0.5) is 4.39 Å². The summed E-state index contributed by atoms with van der Waals surface area (Å²) in [5.74, 6) is -2.08. The second-order valence-electron chi connectivity index (χ2n) is 5.98. The maximum absolute atomic E-state index is 13.7. The summed E-state index contributed by atoms with van der Waals surface area (Å²) in [6, 6.07) is 11.9. The minimum absolute atomic E-state index is 0.131. The molecule has 0 amide bonds. The summed E-state index contributed by atoms with van der Waals surface area (Å²) in [6.45, 7) is 0. The zero-order valence-electron chi connectivity index (χ0n) is 13.8. The summed E-state index contributed by atoms with van der Waals surface area (Å²) in [4.78, 5) is 23.8. The molecule has 3 N–H and O–H groups in total. The number of carbonyl (C=O) groups excluding carboxylic acids is 1. The number of sulfonamides is 1. The standard InChI is InChI=1S/C19H14FNO5S/c20-14-4-1-13-7-11(9-18(22)23)8-17(16(13)10-14)19(24)12-2-5-15(6-3-12)27(21,25)26/h1-8,10H,9H2,(H,22,23)(H2,21,25,26). The average Bonchev–Trinajstić information content (AvgIpc) is 2.59. The normalized spacial score (nSPS) is 11.5. The van der Waals surface area contributed by atoms with Crippen molar-refractivity contribution in [1.29, 1.82) is 0 Å². The fourth-order valence-electron chi connectivity index (χ4n) is 2.81. The minimum atomic E-state index is -3.90. The number of carbonyl (C=O) groups is 2. The highest BCUT2D eigenvalue weighted by Gasteiger charge is 2.17. The Balaban J connectivity index is 2.14. The van der Waals surface area contributed by atoms with Gasteiger partial charge in [0.15, 0.2) is 5.78 Å². The van der Waals surface area contributed by atoms with Gasteiger partial charge in [-0.3, -0.25) is 9.59 Å². The lowest BCUT2D eigenvalue weighted by atomic mass is 9.94. The number of benzene rings is 3. The monoisotopic (exact) mass is 387 g/mol. The minimum Gasteiger partial charge on any atom is -0.481 e. The molecule has 6 nitrogen and oxygen atoms in total. The van der Waals surface area contributed by atoms with Gasteiger partial charge in [0, 0.05) is 11.1 Å². The van der Waals surface area contributed by atoms with Crippen LogP contribution in [0, 0.1) is 5.82 Å². The quantitative estimate of drug-likeness (QED) is 0.653. The molecule has 0 saturated carbocycles. The van der Waals surface area contributed by atoms with Gasteiger partial charge in [-0.15, -0.1) is 0 Å². The first-order valence-electron chi connectivity index (χ1n) is 7.77. The fourth-order valence-corrected chi connectivity index (χ4v) is 3.32. The van der Waals surface area contributed by atoms with Crippen LogP contribution in [-0.2, 0) is 21.2 Å². The molecule has 0 saturated heterocycles. The number of carboxylic acid groups (broad SMARTS) is 1. The lowest BCUT2D eigenvalue weighted by Gasteiger charge is -2.10. The van der Waals surface area contributed by atoms with Gasteiger partial charge in [-0.25, -0.2) is 17.9 Å². The largest absolute Gasteiger partial charge is 0.481 e. The van der Waals surface area contributed by atoms with Gasteiger partial charge in [0.1, 0.15) is 5.82 Å². The number of hydrogen-bond donors (Lipinski definition) is 2. The lowest BCUT2D eigenvalue weighted by Crippen LogP contribution is -2.12. The highest BCUT2D eigenvalue weighted by Crippen LogP contribution is 2.25. The Morgan fingerprint density at radius 2 is 1.67 bits per heavy atom. The van der Waals surface area contributed by atoms with Crippen LogP contribution in [0.5, 0.6) is 0 Å². The van der Waals surface area contributed by atoms with Crippen molar-refractivity contribution in [3.8, 4) is 0 Å². The maximum atomic E-state index is 13.7. The van der Waals surface area contributed by atoms with E-state index < -0.39 is 27.6 Å². The average molecular weight is 387 g/mol. The van der Waals surface area contributed by atoms with Gasteiger partial charge in [0.2, 0.25) is 10.0 Å². The molecule has 0 unspecified atom stereocenters. The summed E-state index contributed by atoms with van der Waals surface area (Å²) in [6.07, 6.45) is -0.294. The first-order valence-corrected chi connectivity index (χ1v) is 9.31.